The fraction of sp³-hybridized carbons (Fsp3) is 0.600. The Morgan fingerprint density at radius 1 is 0.930 bits per heavy atom. The minimum atomic E-state index is -2.64. The molecule has 1 spiro atoms. The Labute approximate surface area is 254 Å². The lowest BCUT2D eigenvalue weighted by Crippen LogP contribution is -2.60. The van der Waals surface area contributed by atoms with Crippen LogP contribution in [-0.4, -0.2) is 69.3 Å². The van der Waals surface area contributed by atoms with Crippen LogP contribution in [0.2, 0.25) is 0 Å². The highest BCUT2D eigenvalue weighted by Crippen LogP contribution is 2.48. The molecule has 0 aromatic heterocycles. The Bertz CT molecular complexity index is 1250. The summed E-state index contributed by atoms with van der Waals surface area (Å²) in [6, 6.07) is 21.2. The summed E-state index contributed by atoms with van der Waals surface area (Å²) < 4.78 is 27.5. The van der Waals surface area contributed by atoms with Gasteiger partial charge in [0.2, 0.25) is 11.8 Å². The van der Waals surface area contributed by atoms with Crippen molar-refractivity contribution in [3.63, 3.8) is 0 Å². The number of halogens is 2. The van der Waals surface area contributed by atoms with Crippen molar-refractivity contribution >= 4 is 11.9 Å². The van der Waals surface area contributed by atoms with E-state index in [-0.39, 0.29) is 61.2 Å². The first-order chi connectivity index (χ1) is 20.6. The van der Waals surface area contributed by atoms with Gasteiger partial charge in [-0.25, -0.2) is 13.6 Å². The van der Waals surface area contributed by atoms with E-state index in [0.717, 1.165) is 56.3 Å². The van der Waals surface area contributed by atoms with Gasteiger partial charge in [0.1, 0.15) is 0 Å². The molecule has 2 aromatic rings. The predicted molar refractivity (Wildman–Crippen MR) is 164 cm³/mol. The molecule has 4 aliphatic rings. The fourth-order valence-corrected chi connectivity index (χ4v) is 8.53. The predicted octanol–water partition coefficient (Wildman–Crippen LogP) is 6.77. The highest BCUT2D eigenvalue weighted by molar-refractivity contribution is 5.79. The molecule has 3 atom stereocenters. The Morgan fingerprint density at radius 3 is 2.14 bits per heavy atom. The lowest BCUT2D eigenvalue weighted by Gasteiger charge is -2.49. The number of urea groups is 1. The summed E-state index contributed by atoms with van der Waals surface area (Å²) in [6.45, 7) is 6.54. The van der Waals surface area contributed by atoms with Gasteiger partial charge in [0.25, 0.3) is 0 Å². The van der Waals surface area contributed by atoms with Gasteiger partial charge in [-0.15, -0.1) is 0 Å². The van der Waals surface area contributed by atoms with Crippen LogP contribution >= 0.6 is 0 Å². The Balaban J connectivity index is 1.13. The van der Waals surface area contributed by atoms with E-state index in [4.69, 9.17) is 0 Å². The number of hydrogen-bond acceptors (Lipinski definition) is 3. The van der Waals surface area contributed by atoms with E-state index in [2.05, 4.69) is 41.1 Å². The zero-order chi connectivity index (χ0) is 30.2. The van der Waals surface area contributed by atoms with E-state index in [1.165, 1.54) is 0 Å². The van der Waals surface area contributed by atoms with Crippen molar-refractivity contribution in [2.45, 2.75) is 114 Å². The topological polar surface area (TPSA) is 55.9 Å². The van der Waals surface area contributed by atoms with Gasteiger partial charge in [-0.3, -0.25) is 9.69 Å². The molecule has 3 amide bonds. The second-order valence-corrected chi connectivity index (χ2v) is 13.7. The molecule has 2 unspecified atom stereocenters. The zero-order valence-electron chi connectivity index (χ0n) is 25.6. The van der Waals surface area contributed by atoms with E-state index in [0.29, 0.717) is 18.6 Å². The molecule has 4 fully saturated rings. The van der Waals surface area contributed by atoms with Crippen molar-refractivity contribution in [1.82, 2.24) is 20.0 Å². The average molecular weight is 593 g/mol. The monoisotopic (exact) mass is 592 g/mol. The van der Waals surface area contributed by atoms with Gasteiger partial charge >= 0.3 is 6.03 Å². The molecule has 232 valence electrons. The second-order valence-electron chi connectivity index (χ2n) is 13.7. The van der Waals surface area contributed by atoms with Crippen molar-refractivity contribution in [1.29, 1.82) is 0 Å². The molecule has 1 saturated carbocycles. The molecule has 2 bridgehead atoms. The molecule has 6 nitrogen and oxygen atoms in total. The molecule has 1 aliphatic carbocycles. The van der Waals surface area contributed by atoms with Crippen molar-refractivity contribution < 1.29 is 18.4 Å². The third kappa shape index (κ3) is 6.31. The average Bonchev–Trinajstić information content (AvgIpc) is 3.39. The van der Waals surface area contributed by atoms with Gasteiger partial charge in [0.05, 0.1) is 11.6 Å². The summed E-state index contributed by atoms with van der Waals surface area (Å²) in [4.78, 5) is 33.8. The molecule has 3 saturated heterocycles. The summed E-state index contributed by atoms with van der Waals surface area (Å²) in [5, 5.41) is 3.26. The fourth-order valence-electron chi connectivity index (χ4n) is 8.53. The minimum Gasteiger partial charge on any atom is -0.349 e. The third-order valence-corrected chi connectivity index (χ3v) is 10.5. The van der Waals surface area contributed by atoms with E-state index < -0.39 is 5.92 Å². The number of carbonyl (C=O) groups is 2. The van der Waals surface area contributed by atoms with Gasteiger partial charge in [0, 0.05) is 56.5 Å². The summed E-state index contributed by atoms with van der Waals surface area (Å²) in [7, 11) is 0. The number of rotatable bonds is 9. The molecule has 1 N–H and O–H groups in total. The van der Waals surface area contributed by atoms with Crippen molar-refractivity contribution in [3.8, 4) is 0 Å². The van der Waals surface area contributed by atoms with Gasteiger partial charge in [-0.1, -0.05) is 60.7 Å². The van der Waals surface area contributed by atoms with E-state index in [9.17, 15) is 18.4 Å². The number of piperidine rings is 1. The number of amides is 3. The molecule has 2 aromatic carbocycles. The molecular formula is C35H46F2N4O2. The summed E-state index contributed by atoms with van der Waals surface area (Å²) in [5.74, 6) is -3.09. The molecule has 3 heterocycles. The summed E-state index contributed by atoms with van der Waals surface area (Å²) in [6.07, 6.45) is 5.03. The smallest absolute Gasteiger partial charge is 0.321 e. The van der Waals surface area contributed by atoms with Crippen LogP contribution in [0.5, 0.6) is 0 Å². The van der Waals surface area contributed by atoms with Gasteiger partial charge in [-0.05, 0) is 69.9 Å². The Hall–Kier alpha value is -3.00. The van der Waals surface area contributed by atoms with Crippen LogP contribution in [0.1, 0.15) is 88.8 Å². The van der Waals surface area contributed by atoms with Crippen LogP contribution in [-0.2, 0) is 11.3 Å². The first-order valence-corrected chi connectivity index (χ1v) is 16.3. The highest BCUT2D eigenvalue weighted by atomic mass is 19.3. The molecule has 43 heavy (non-hydrogen) atoms. The first kappa shape index (κ1) is 30.0. The number of nitrogens with one attached hydrogen (secondary N) is 1. The zero-order valence-corrected chi connectivity index (χ0v) is 25.6. The maximum absolute atomic E-state index is 13.7. The lowest BCUT2D eigenvalue weighted by molar-refractivity contribution is -0.130. The number of nitrogens with zero attached hydrogens (tertiary/aromatic N) is 3. The standard InChI is InChI=1S/C35H46F2N4O2/c1-25(2)41-33(43)39(23-26-9-5-3-6-10-26)24-34(41)21-29-13-14-30(22-34)40(29)20-17-31(27-11-7-4-8-12-27)38-32(42)28-15-18-35(36,37)19-16-28/h3-12,25,28-31H,13-24H2,1-2H3,(H,38,42)/t29?,30?,31-,34?/m0/s1. The maximum atomic E-state index is 13.7. The van der Waals surface area contributed by atoms with Gasteiger partial charge in [0.15, 0.2) is 0 Å². The van der Waals surface area contributed by atoms with Crippen molar-refractivity contribution in [3.05, 3.63) is 71.8 Å². The normalized spacial score (nSPS) is 28.2. The number of fused-ring (bicyclic) bond motifs is 2. The Morgan fingerprint density at radius 2 is 1.53 bits per heavy atom. The van der Waals surface area contributed by atoms with Crippen molar-refractivity contribution in [2.24, 2.45) is 5.92 Å². The van der Waals surface area contributed by atoms with Crippen LogP contribution in [0.4, 0.5) is 13.6 Å². The lowest BCUT2D eigenvalue weighted by atomic mass is 9.81. The molecule has 8 heteroatoms. The van der Waals surface area contributed by atoms with Crippen LogP contribution in [0, 0.1) is 5.92 Å². The van der Waals surface area contributed by atoms with E-state index in [1.807, 2.05) is 53.4 Å². The Kier molecular flexibility index (Phi) is 8.51. The minimum absolute atomic E-state index is 0.0968. The summed E-state index contributed by atoms with van der Waals surface area (Å²) >= 11 is 0. The number of benzene rings is 2. The molecule has 6 rings (SSSR count). The highest BCUT2D eigenvalue weighted by Gasteiger charge is 2.57. The van der Waals surface area contributed by atoms with Crippen LogP contribution in [0.3, 0.4) is 0 Å². The maximum Gasteiger partial charge on any atom is 0.321 e. The molecule has 0 radical (unpaired) electrons. The largest absolute Gasteiger partial charge is 0.349 e. The first-order valence-electron chi connectivity index (χ1n) is 16.3. The van der Waals surface area contributed by atoms with Crippen LogP contribution in [0.25, 0.3) is 0 Å². The number of carbonyl (C=O) groups excluding carboxylic acids is 2. The second kappa shape index (κ2) is 12.2. The van der Waals surface area contributed by atoms with Crippen molar-refractivity contribution in [2.75, 3.05) is 13.1 Å². The van der Waals surface area contributed by atoms with Gasteiger partial charge in [-0.2, -0.15) is 0 Å². The number of hydrogen-bond donors (Lipinski definition) is 1. The number of alkyl halides is 2. The van der Waals surface area contributed by atoms with Crippen LogP contribution < -0.4 is 5.32 Å². The summed E-state index contributed by atoms with van der Waals surface area (Å²) in [5.41, 5.74) is 2.06. The van der Waals surface area contributed by atoms with E-state index >= 15 is 0 Å². The van der Waals surface area contributed by atoms with E-state index in [1.54, 1.807) is 0 Å². The molecule has 3 aliphatic heterocycles. The molecular weight excluding hydrogens is 546 g/mol. The van der Waals surface area contributed by atoms with Gasteiger partial charge < -0.3 is 15.1 Å². The quantitative estimate of drug-likeness (QED) is 0.350. The SMILES string of the molecule is CC(C)N1C(=O)N(Cc2ccccc2)CC12CC1CCC(C2)N1CC[C@H](NC(=O)C1CCC(F)(F)CC1)c1ccccc1. The third-order valence-electron chi connectivity index (χ3n) is 10.5. The van der Waals surface area contributed by atoms with Crippen LogP contribution in [0.15, 0.2) is 60.7 Å².